The third-order valence-corrected chi connectivity index (χ3v) is 6.42. The average Bonchev–Trinajstić information content (AvgIpc) is 3.06. The molecule has 0 aromatic heterocycles. The van der Waals surface area contributed by atoms with E-state index < -0.39 is 0 Å². The zero-order valence-electron chi connectivity index (χ0n) is 11.0. The van der Waals surface area contributed by atoms with Gasteiger partial charge in [-0.05, 0) is 55.8 Å². The average molecular weight is 254 g/mol. The Hall–Kier alpha value is -1.18. The number of carbonyl (C=O) groups is 2. The fourth-order valence-electron chi connectivity index (χ4n) is 5.68. The second kappa shape index (κ2) is 3.28. The first-order chi connectivity index (χ1) is 9.25. The highest BCUT2D eigenvalue weighted by atomic mass is 16.1. The number of fused-ring (bicyclic) bond motifs is 5. The highest BCUT2D eigenvalue weighted by molar-refractivity contribution is 6.16. The molecule has 0 aliphatic heterocycles. The molecule has 0 N–H and O–H groups in total. The lowest BCUT2D eigenvalue weighted by Gasteiger charge is -2.47. The van der Waals surface area contributed by atoms with E-state index in [2.05, 4.69) is 12.2 Å². The molecule has 4 bridgehead atoms. The molecule has 2 heteroatoms. The van der Waals surface area contributed by atoms with Crippen molar-refractivity contribution in [2.75, 3.05) is 0 Å². The summed E-state index contributed by atoms with van der Waals surface area (Å²) in [6.45, 7) is 0. The summed E-state index contributed by atoms with van der Waals surface area (Å²) in [6, 6.07) is 0. The van der Waals surface area contributed by atoms with Gasteiger partial charge in [0.25, 0.3) is 0 Å². The Kier molecular flexibility index (Phi) is 1.83. The van der Waals surface area contributed by atoms with Gasteiger partial charge in [-0.15, -0.1) is 0 Å². The first-order valence-corrected chi connectivity index (χ1v) is 7.76. The van der Waals surface area contributed by atoms with E-state index in [1.54, 1.807) is 0 Å². The van der Waals surface area contributed by atoms with Crippen molar-refractivity contribution in [2.45, 2.75) is 32.1 Å². The van der Waals surface area contributed by atoms with Crippen LogP contribution in [0.5, 0.6) is 0 Å². The van der Waals surface area contributed by atoms with Crippen molar-refractivity contribution in [1.82, 2.24) is 0 Å². The van der Waals surface area contributed by atoms with Crippen molar-refractivity contribution in [2.24, 2.45) is 35.5 Å². The van der Waals surface area contributed by atoms with E-state index in [1.807, 2.05) is 0 Å². The van der Waals surface area contributed by atoms with Gasteiger partial charge in [-0.2, -0.15) is 0 Å². The van der Waals surface area contributed by atoms with E-state index in [0.717, 1.165) is 43.3 Å². The molecule has 0 aromatic carbocycles. The Morgan fingerprint density at radius 1 is 0.737 bits per heavy atom. The van der Waals surface area contributed by atoms with Crippen molar-refractivity contribution in [3.63, 3.8) is 0 Å². The number of Topliss-reactive ketones (excluding diaryl/α,β-unsaturated/α-hetero) is 2. The van der Waals surface area contributed by atoms with Crippen molar-refractivity contribution in [1.29, 1.82) is 0 Å². The molecule has 98 valence electrons. The minimum Gasteiger partial charge on any atom is -0.294 e. The molecule has 0 spiro atoms. The Morgan fingerprint density at radius 3 is 1.63 bits per heavy atom. The third kappa shape index (κ3) is 1.11. The molecule has 0 heterocycles. The van der Waals surface area contributed by atoms with Crippen molar-refractivity contribution in [3.8, 4) is 0 Å². The topological polar surface area (TPSA) is 34.1 Å². The predicted octanol–water partition coefficient (Wildman–Crippen LogP) is 2.69. The van der Waals surface area contributed by atoms with Gasteiger partial charge < -0.3 is 0 Å². The molecule has 6 aliphatic carbocycles. The third-order valence-electron chi connectivity index (χ3n) is 6.42. The van der Waals surface area contributed by atoms with Crippen LogP contribution in [0, 0.1) is 35.5 Å². The van der Waals surface area contributed by atoms with Crippen LogP contribution in [-0.4, -0.2) is 11.6 Å². The van der Waals surface area contributed by atoms with Crippen LogP contribution < -0.4 is 0 Å². The molecule has 0 aromatic rings. The van der Waals surface area contributed by atoms with Crippen LogP contribution in [-0.2, 0) is 9.59 Å². The fourth-order valence-corrected chi connectivity index (χ4v) is 5.68. The molecule has 6 atom stereocenters. The van der Waals surface area contributed by atoms with Gasteiger partial charge in [0.1, 0.15) is 0 Å². The van der Waals surface area contributed by atoms with Crippen LogP contribution in [0.15, 0.2) is 23.3 Å². The number of rotatable bonds is 0. The summed E-state index contributed by atoms with van der Waals surface area (Å²) in [5.74, 6) is 2.31. The largest absolute Gasteiger partial charge is 0.294 e. The van der Waals surface area contributed by atoms with Gasteiger partial charge in [-0.3, -0.25) is 9.59 Å². The number of ketones is 2. The normalized spacial score (nSPS) is 49.9. The Balaban J connectivity index is 1.69. The lowest BCUT2D eigenvalue weighted by molar-refractivity contribution is -0.136. The van der Waals surface area contributed by atoms with Crippen LogP contribution in [0.3, 0.4) is 0 Å². The van der Waals surface area contributed by atoms with Gasteiger partial charge in [-0.1, -0.05) is 12.2 Å². The molecular formula is C17H18O2. The molecule has 2 unspecified atom stereocenters. The zero-order chi connectivity index (χ0) is 12.7. The van der Waals surface area contributed by atoms with Crippen molar-refractivity contribution >= 4 is 11.6 Å². The summed E-state index contributed by atoms with van der Waals surface area (Å²) in [6.07, 6.45) is 10.0. The zero-order valence-corrected chi connectivity index (χ0v) is 11.0. The highest BCUT2D eigenvalue weighted by Gasteiger charge is 2.57. The predicted molar refractivity (Wildman–Crippen MR) is 70.2 cm³/mol. The van der Waals surface area contributed by atoms with Crippen molar-refractivity contribution in [3.05, 3.63) is 23.3 Å². The van der Waals surface area contributed by atoms with Gasteiger partial charge in [0, 0.05) is 23.0 Å². The number of allylic oxidation sites excluding steroid dienone is 4. The molecule has 2 saturated carbocycles. The number of hydrogen-bond acceptors (Lipinski definition) is 2. The van der Waals surface area contributed by atoms with Gasteiger partial charge >= 0.3 is 0 Å². The molecule has 6 aliphatic rings. The summed E-state index contributed by atoms with van der Waals surface area (Å²) in [4.78, 5) is 25.8. The Labute approximate surface area is 112 Å². The summed E-state index contributed by atoms with van der Waals surface area (Å²) in [5, 5.41) is 0. The van der Waals surface area contributed by atoms with Gasteiger partial charge in [0.2, 0.25) is 0 Å². The second-order valence-electron chi connectivity index (χ2n) is 7.10. The molecule has 19 heavy (non-hydrogen) atoms. The molecule has 2 nitrogen and oxygen atoms in total. The Bertz CT molecular complexity index is 520. The summed E-state index contributed by atoms with van der Waals surface area (Å²) in [7, 11) is 0. The maximum Gasteiger partial charge on any atom is 0.163 e. The summed E-state index contributed by atoms with van der Waals surface area (Å²) >= 11 is 0. The van der Waals surface area contributed by atoms with Crippen LogP contribution in [0.25, 0.3) is 0 Å². The van der Waals surface area contributed by atoms with E-state index in [-0.39, 0.29) is 11.8 Å². The van der Waals surface area contributed by atoms with Crippen LogP contribution >= 0.6 is 0 Å². The Morgan fingerprint density at radius 2 is 1.21 bits per heavy atom. The van der Waals surface area contributed by atoms with E-state index in [0.29, 0.717) is 35.2 Å². The first kappa shape index (κ1) is 10.6. The number of hydrogen-bond donors (Lipinski definition) is 0. The molecular weight excluding hydrogens is 236 g/mol. The van der Waals surface area contributed by atoms with E-state index >= 15 is 0 Å². The van der Waals surface area contributed by atoms with Crippen LogP contribution in [0.4, 0.5) is 0 Å². The molecule has 6 rings (SSSR count). The SMILES string of the molecule is O=C1C2=C(C(=O)C3C1[C@@H]1C=C[C@H]3CC1)[C@@H]1CC[C@H]2C1. The van der Waals surface area contributed by atoms with Gasteiger partial charge in [0.15, 0.2) is 11.6 Å². The van der Waals surface area contributed by atoms with E-state index in [1.165, 1.54) is 0 Å². The van der Waals surface area contributed by atoms with Crippen LogP contribution in [0.2, 0.25) is 0 Å². The maximum absolute atomic E-state index is 12.9. The minimum atomic E-state index is 0.00866. The fraction of sp³-hybridized carbons (Fsp3) is 0.647. The quantitative estimate of drug-likeness (QED) is 0.623. The molecule has 2 fully saturated rings. The smallest absolute Gasteiger partial charge is 0.163 e. The van der Waals surface area contributed by atoms with E-state index in [9.17, 15) is 9.59 Å². The minimum absolute atomic E-state index is 0.00866. The highest BCUT2D eigenvalue weighted by Crippen LogP contribution is 2.58. The lowest BCUT2D eigenvalue weighted by atomic mass is 9.55. The van der Waals surface area contributed by atoms with Crippen LogP contribution in [0.1, 0.15) is 32.1 Å². The number of carbonyl (C=O) groups excluding carboxylic acids is 2. The van der Waals surface area contributed by atoms with Crippen molar-refractivity contribution < 1.29 is 9.59 Å². The molecule has 0 saturated heterocycles. The summed E-state index contributed by atoms with van der Waals surface area (Å²) < 4.78 is 0. The standard InChI is InChI=1S/C17H18O2/c18-16-12-8-1-2-9(4-3-8)13(12)17(19)15-11-6-5-10(7-11)14(15)16/h1-2,8-13H,3-7H2/t8-,9+,10+,11-,12?,13?. The summed E-state index contributed by atoms with van der Waals surface area (Å²) in [5.41, 5.74) is 1.98. The molecule has 0 radical (unpaired) electrons. The monoisotopic (exact) mass is 254 g/mol. The van der Waals surface area contributed by atoms with Gasteiger partial charge in [-0.25, -0.2) is 0 Å². The lowest BCUT2D eigenvalue weighted by Crippen LogP contribution is -2.50. The second-order valence-corrected chi connectivity index (χ2v) is 7.10. The molecule has 0 amide bonds. The van der Waals surface area contributed by atoms with Gasteiger partial charge in [0.05, 0.1) is 0 Å². The van der Waals surface area contributed by atoms with E-state index in [4.69, 9.17) is 0 Å². The first-order valence-electron chi connectivity index (χ1n) is 7.76. The maximum atomic E-state index is 12.9.